The third kappa shape index (κ3) is 3.72. The average molecular weight is 268 g/mol. The van der Waals surface area contributed by atoms with Crippen LogP contribution in [0.4, 0.5) is 0 Å². The lowest BCUT2D eigenvalue weighted by Crippen LogP contribution is -2.40. The fourth-order valence-electron chi connectivity index (χ4n) is 2.53. The lowest BCUT2D eigenvalue weighted by Gasteiger charge is -2.34. The van der Waals surface area contributed by atoms with Crippen LogP contribution in [0.3, 0.4) is 0 Å². The number of halogens is 1. The van der Waals surface area contributed by atoms with Gasteiger partial charge < -0.3 is 5.11 Å². The molecule has 0 amide bonds. The summed E-state index contributed by atoms with van der Waals surface area (Å²) in [5.74, 6) is -0.706. The fraction of sp³-hybridized carbons (Fsp3) is 0.500. The number of piperidine rings is 1. The maximum Gasteiger partial charge on any atom is 0.304 e. The molecule has 0 saturated carbocycles. The number of rotatable bonds is 4. The minimum atomic E-state index is -0.706. The zero-order valence-corrected chi connectivity index (χ0v) is 11.1. The zero-order valence-electron chi connectivity index (χ0n) is 10.3. The summed E-state index contributed by atoms with van der Waals surface area (Å²) in [6.45, 7) is 1.80. The van der Waals surface area contributed by atoms with Crippen LogP contribution in [0.2, 0.25) is 5.02 Å². The van der Waals surface area contributed by atoms with Crippen molar-refractivity contribution in [1.82, 2.24) is 4.90 Å². The van der Waals surface area contributed by atoms with Gasteiger partial charge in [0.1, 0.15) is 0 Å². The van der Waals surface area contributed by atoms with Crippen LogP contribution in [0.15, 0.2) is 24.3 Å². The highest BCUT2D eigenvalue weighted by atomic mass is 35.5. The topological polar surface area (TPSA) is 40.5 Å². The predicted octanol–water partition coefficient (Wildman–Crippen LogP) is 3.17. The Kier molecular flexibility index (Phi) is 4.61. The molecule has 0 bridgehead atoms. The van der Waals surface area contributed by atoms with Gasteiger partial charge in [-0.25, -0.2) is 0 Å². The molecule has 0 aromatic heterocycles. The number of likely N-dealkylation sites (tertiary alicyclic amines) is 1. The molecule has 1 saturated heterocycles. The van der Waals surface area contributed by atoms with Crippen molar-refractivity contribution < 1.29 is 9.90 Å². The molecule has 1 heterocycles. The van der Waals surface area contributed by atoms with Gasteiger partial charge in [0, 0.05) is 17.6 Å². The summed E-state index contributed by atoms with van der Waals surface area (Å²) in [4.78, 5) is 13.1. The SMILES string of the molecule is O=C(O)CC1CCCCN1Cc1ccc(Cl)cc1. The molecular weight excluding hydrogens is 250 g/mol. The summed E-state index contributed by atoms with van der Waals surface area (Å²) in [6, 6.07) is 7.95. The average Bonchev–Trinajstić information content (AvgIpc) is 2.34. The van der Waals surface area contributed by atoms with Crippen molar-refractivity contribution in [3.63, 3.8) is 0 Å². The molecule has 0 spiro atoms. The summed E-state index contributed by atoms with van der Waals surface area (Å²) in [6.07, 6.45) is 3.52. The van der Waals surface area contributed by atoms with Gasteiger partial charge in [-0.1, -0.05) is 30.2 Å². The second-order valence-electron chi connectivity index (χ2n) is 4.84. The standard InChI is InChI=1S/C14H18ClNO2/c15-12-6-4-11(5-7-12)10-16-8-2-1-3-13(16)9-14(17)18/h4-7,13H,1-3,8-10H2,(H,17,18). The van der Waals surface area contributed by atoms with Crippen molar-refractivity contribution in [2.24, 2.45) is 0 Å². The van der Waals surface area contributed by atoms with Crippen molar-refractivity contribution >= 4 is 17.6 Å². The Morgan fingerprint density at radius 1 is 1.33 bits per heavy atom. The molecule has 1 atom stereocenters. The molecule has 3 nitrogen and oxygen atoms in total. The van der Waals surface area contributed by atoms with Crippen LogP contribution in [-0.4, -0.2) is 28.6 Å². The number of hydrogen-bond donors (Lipinski definition) is 1. The molecule has 1 aliphatic heterocycles. The molecule has 1 unspecified atom stereocenters. The van der Waals surface area contributed by atoms with Gasteiger partial charge in [0.25, 0.3) is 0 Å². The van der Waals surface area contributed by atoms with Crippen molar-refractivity contribution in [1.29, 1.82) is 0 Å². The van der Waals surface area contributed by atoms with Crippen LogP contribution in [0, 0.1) is 0 Å². The van der Waals surface area contributed by atoms with E-state index in [0.29, 0.717) is 0 Å². The van der Waals surface area contributed by atoms with E-state index in [1.54, 1.807) is 0 Å². The molecule has 4 heteroatoms. The van der Waals surface area contributed by atoms with Crippen LogP contribution >= 0.6 is 11.6 Å². The summed E-state index contributed by atoms with van der Waals surface area (Å²) in [7, 11) is 0. The first-order valence-electron chi connectivity index (χ1n) is 6.35. The molecule has 1 fully saturated rings. The number of carbonyl (C=O) groups is 1. The first kappa shape index (κ1) is 13.4. The van der Waals surface area contributed by atoms with E-state index < -0.39 is 5.97 Å². The fourth-order valence-corrected chi connectivity index (χ4v) is 2.65. The van der Waals surface area contributed by atoms with Crippen molar-refractivity contribution in [3.05, 3.63) is 34.9 Å². The van der Waals surface area contributed by atoms with Crippen LogP contribution < -0.4 is 0 Å². The first-order valence-corrected chi connectivity index (χ1v) is 6.73. The Balaban J connectivity index is 2.00. The predicted molar refractivity (Wildman–Crippen MR) is 71.8 cm³/mol. The normalized spacial score (nSPS) is 20.8. The largest absolute Gasteiger partial charge is 0.481 e. The van der Waals surface area contributed by atoms with Crippen LogP contribution in [0.1, 0.15) is 31.2 Å². The Labute approximate surface area is 112 Å². The molecule has 1 aromatic rings. The van der Waals surface area contributed by atoms with Crippen LogP contribution in [0.25, 0.3) is 0 Å². The summed E-state index contributed by atoms with van der Waals surface area (Å²) >= 11 is 5.86. The Morgan fingerprint density at radius 2 is 2.06 bits per heavy atom. The first-order chi connectivity index (χ1) is 8.65. The number of hydrogen-bond acceptors (Lipinski definition) is 2. The highest BCUT2D eigenvalue weighted by Crippen LogP contribution is 2.22. The van der Waals surface area contributed by atoms with E-state index in [9.17, 15) is 4.79 Å². The molecular formula is C14H18ClNO2. The number of nitrogens with zero attached hydrogens (tertiary/aromatic N) is 1. The lowest BCUT2D eigenvalue weighted by molar-refractivity contribution is -0.138. The third-order valence-electron chi connectivity index (χ3n) is 3.46. The number of carboxylic acid groups (broad SMARTS) is 1. The Morgan fingerprint density at radius 3 is 2.72 bits per heavy atom. The third-order valence-corrected chi connectivity index (χ3v) is 3.71. The van der Waals surface area contributed by atoms with E-state index >= 15 is 0 Å². The van der Waals surface area contributed by atoms with Gasteiger partial charge in [0.2, 0.25) is 0 Å². The van der Waals surface area contributed by atoms with Gasteiger partial charge in [-0.05, 0) is 37.1 Å². The molecule has 2 rings (SSSR count). The van der Waals surface area contributed by atoms with Crippen molar-refractivity contribution in [3.8, 4) is 0 Å². The van der Waals surface area contributed by atoms with E-state index in [-0.39, 0.29) is 12.5 Å². The van der Waals surface area contributed by atoms with Gasteiger partial charge in [-0.15, -0.1) is 0 Å². The number of aliphatic carboxylic acids is 1. The van der Waals surface area contributed by atoms with E-state index in [1.165, 1.54) is 5.56 Å². The zero-order chi connectivity index (χ0) is 13.0. The van der Waals surface area contributed by atoms with Gasteiger partial charge in [0.15, 0.2) is 0 Å². The van der Waals surface area contributed by atoms with Gasteiger partial charge in [-0.2, -0.15) is 0 Å². The van der Waals surface area contributed by atoms with E-state index in [0.717, 1.165) is 37.4 Å². The second kappa shape index (κ2) is 6.21. The minimum absolute atomic E-state index is 0.173. The number of carboxylic acids is 1. The van der Waals surface area contributed by atoms with Crippen LogP contribution in [-0.2, 0) is 11.3 Å². The second-order valence-corrected chi connectivity index (χ2v) is 5.28. The van der Waals surface area contributed by atoms with E-state index in [1.807, 2.05) is 24.3 Å². The number of benzene rings is 1. The summed E-state index contributed by atoms with van der Waals surface area (Å²) in [5.41, 5.74) is 1.19. The molecule has 1 aliphatic rings. The summed E-state index contributed by atoms with van der Waals surface area (Å²) in [5, 5.41) is 9.68. The lowest BCUT2D eigenvalue weighted by atomic mass is 9.98. The van der Waals surface area contributed by atoms with Gasteiger partial charge in [-0.3, -0.25) is 9.69 Å². The summed E-state index contributed by atoms with van der Waals surface area (Å²) < 4.78 is 0. The van der Waals surface area contributed by atoms with Gasteiger partial charge >= 0.3 is 5.97 Å². The highest BCUT2D eigenvalue weighted by molar-refractivity contribution is 6.30. The van der Waals surface area contributed by atoms with E-state index in [2.05, 4.69) is 4.90 Å². The molecule has 18 heavy (non-hydrogen) atoms. The van der Waals surface area contributed by atoms with Crippen molar-refractivity contribution in [2.45, 2.75) is 38.3 Å². The van der Waals surface area contributed by atoms with Crippen LogP contribution in [0.5, 0.6) is 0 Å². The molecule has 0 radical (unpaired) electrons. The molecule has 1 aromatic carbocycles. The molecule has 0 aliphatic carbocycles. The Bertz CT molecular complexity index is 405. The highest BCUT2D eigenvalue weighted by Gasteiger charge is 2.24. The maximum absolute atomic E-state index is 10.9. The van der Waals surface area contributed by atoms with Gasteiger partial charge in [0.05, 0.1) is 6.42 Å². The monoisotopic (exact) mass is 267 g/mol. The van der Waals surface area contributed by atoms with E-state index in [4.69, 9.17) is 16.7 Å². The molecule has 98 valence electrons. The maximum atomic E-state index is 10.9. The smallest absolute Gasteiger partial charge is 0.304 e. The Hall–Kier alpha value is -1.06. The molecule has 1 N–H and O–H groups in total. The quantitative estimate of drug-likeness (QED) is 0.911. The van der Waals surface area contributed by atoms with Crippen molar-refractivity contribution in [2.75, 3.05) is 6.54 Å². The minimum Gasteiger partial charge on any atom is -0.481 e.